The highest BCUT2D eigenvalue weighted by molar-refractivity contribution is 7.12. The Bertz CT molecular complexity index is 1720. The fourth-order valence-corrected chi connectivity index (χ4v) is 9.92. The lowest BCUT2D eigenvalue weighted by Gasteiger charge is -2.45. The lowest BCUT2D eigenvalue weighted by Crippen LogP contribution is -2.60. The summed E-state index contributed by atoms with van der Waals surface area (Å²) in [6.45, 7) is 2.67. The number of aliphatic hydroxyl groups is 3. The average Bonchev–Trinajstić information content (AvgIpc) is 3.49. The summed E-state index contributed by atoms with van der Waals surface area (Å²) in [5, 5.41) is 49.2. The number of esters is 1. The number of likely N-dealkylation sites (N-methyl/N-ethyl adjacent to an activating group) is 1. The van der Waals surface area contributed by atoms with Crippen molar-refractivity contribution in [3.05, 3.63) is 110 Å². The standard InChI is InChI=1S/C25H37NO4.C19H22NO4S2/c27-20-23-18-22(13-14-24(23)28)25(29)19-26-15-7-1-2-8-16-30-17-9-6-12-21-10-4-3-5-11-21;1-20(2)12-9-11(10-13(20)17-16(12)24-17)23-18(21)19(22,14-5-3-7-25-14)15-6-4-8-26-15/h3-5,10-11,13-14,18,25-29H,1-2,6-9,12,15-17,19-20H2;3-8,11-13,16-17,22H,9-10H2,1-2H3/q;+1/p-1/t;11?,12-,13+,16-,17+. The molecule has 3 saturated heterocycles. The van der Waals surface area contributed by atoms with Crippen LogP contribution in [0.15, 0.2) is 83.6 Å². The number of aliphatic hydroxyl groups excluding tert-OH is 2. The molecule has 3 aliphatic rings. The number of aryl methyl sites for hydroxylation is 1. The van der Waals surface area contributed by atoms with Gasteiger partial charge in [-0.25, -0.2) is 4.79 Å². The van der Waals surface area contributed by atoms with Crippen molar-refractivity contribution >= 4 is 28.6 Å². The first-order chi connectivity index (χ1) is 27.1. The molecule has 2 aromatic carbocycles. The summed E-state index contributed by atoms with van der Waals surface area (Å²) >= 11 is 2.74. The van der Waals surface area contributed by atoms with Gasteiger partial charge in [-0.3, -0.25) is 0 Å². The highest BCUT2D eigenvalue weighted by Gasteiger charge is 2.71. The number of hydrogen-bond donors (Lipinski definition) is 4. The lowest BCUT2D eigenvalue weighted by molar-refractivity contribution is -0.938. The van der Waals surface area contributed by atoms with E-state index < -0.39 is 17.7 Å². The van der Waals surface area contributed by atoms with Gasteiger partial charge in [-0.05, 0) is 78.2 Å². The normalized spacial score (nSPS) is 22.5. The monoisotopic (exact) mass is 806 g/mol. The van der Waals surface area contributed by atoms with Crippen molar-refractivity contribution in [2.75, 3.05) is 40.4 Å². The maximum absolute atomic E-state index is 13.1. The number of benzene rings is 2. The Kier molecular flexibility index (Phi) is 15.2. The van der Waals surface area contributed by atoms with Crippen LogP contribution in [-0.2, 0) is 37.6 Å². The molecule has 56 heavy (non-hydrogen) atoms. The number of rotatable bonds is 20. The molecule has 10 nitrogen and oxygen atoms in total. The number of epoxide rings is 1. The number of morpholine rings is 1. The van der Waals surface area contributed by atoms with Gasteiger partial charge in [0.1, 0.15) is 30.4 Å². The molecular weight excluding hydrogens is 749 g/mol. The first kappa shape index (κ1) is 42.4. The van der Waals surface area contributed by atoms with Gasteiger partial charge in [0.2, 0.25) is 5.60 Å². The molecule has 3 fully saturated rings. The third kappa shape index (κ3) is 10.5. The number of carbonyl (C=O) groups excluding carboxylic acids is 1. The van der Waals surface area contributed by atoms with E-state index in [-0.39, 0.29) is 18.5 Å². The molecule has 0 aliphatic carbocycles. The van der Waals surface area contributed by atoms with Crippen LogP contribution >= 0.6 is 22.7 Å². The fourth-order valence-electron chi connectivity index (χ4n) is 8.20. The number of thiophene rings is 2. The Balaban J connectivity index is 0.000000191. The van der Waals surface area contributed by atoms with Crippen LogP contribution in [0.2, 0.25) is 0 Å². The molecule has 0 spiro atoms. The zero-order valence-electron chi connectivity index (χ0n) is 32.6. The molecule has 4 aromatic rings. The molecule has 12 heteroatoms. The number of piperidine rings is 1. The first-order valence-electron chi connectivity index (χ1n) is 20.0. The predicted octanol–water partition coefficient (Wildman–Crippen LogP) is 5.82. The van der Waals surface area contributed by atoms with E-state index in [9.17, 15) is 20.1 Å². The summed E-state index contributed by atoms with van der Waals surface area (Å²) in [7, 11) is 4.49. The van der Waals surface area contributed by atoms with Crippen molar-refractivity contribution in [2.24, 2.45) is 0 Å². The molecule has 0 radical (unpaired) electrons. The van der Waals surface area contributed by atoms with Crippen molar-refractivity contribution in [1.82, 2.24) is 5.32 Å². The van der Waals surface area contributed by atoms with Crippen LogP contribution in [0, 0.1) is 0 Å². The van der Waals surface area contributed by atoms with E-state index in [0.29, 0.717) is 51.7 Å². The number of quaternary nitrogens is 1. The molecule has 2 unspecified atom stereocenters. The molecule has 2 bridgehead atoms. The summed E-state index contributed by atoms with van der Waals surface area (Å²) < 4.78 is 18.4. The first-order valence-corrected chi connectivity index (χ1v) is 21.8. The van der Waals surface area contributed by atoms with Gasteiger partial charge in [0.05, 0.1) is 36.6 Å². The molecule has 5 heterocycles. The number of nitrogens with one attached hydrogen (secondary N) is 1. The smallest absolute Gasteiger partial charge is 0.349 e. The molecule has 4 N–H and O–H groups in total. The number of hydrogen-bond acceptors (Lipinski definition) is 11. The minimum Gasteiger partial charge on any atom is -0.872 e. The summed E-state index contributed by atoms with van der Waals surface area (Å²) in [6.07, 6.45) is 9.22. The van der Waals surface area contributed by atoms with Crippen molar-refractivity contribution < 1.29 is 43.9 Å². The molecular formula is C44H58N2O8S2. The third-order valence-electron chi connectivity index (χ3n) is 11.6. The van der Waals surface area contributed by atoms with Crippen LogP contribution in [-0.4, -0.2) is 96.6 Å². The maximum atomic E-state index is 13.1. The Labute approximate surface area is 339 Å². The van der Waals surface area contributed by atoms with E-state index >= 15 is 0 Å². The van der Waals surface area contributed by atoms with E-state index in [1.165, 1.54) is 40.7 Å². The molecule has 2 aromatic heterocycles. The van der Waals surface area contributed by atoms with Crippen LogP contribution < -0.4 is 10.4 Å². The van der Waals surface area contributed by atoms with Crippen LogP contribution in [0.1, 0.15) is 83.9 Å². The molecule has 0 saturated carbocycles. The second kappa shape index (κ2) is 20.0. The Morgan fingerprint density at radius 2 is 1.55 bits per heavy atom. The topological polar surface area (TPSA) is 144 Å². The SMILES string of the molecule is C[N+]1(C)[C@@H]2CC(OC(=O)C(O)(c3cccs3)c3cccs3)C[C@H]1[C@@H]1O[C@@H]12.[O-]c1ccc(C(O)CNCCCCCCOCCCCc2ccccc2)cc1CO. The van der Waals surface area contributed by atoms with Gasteiger partial charge >= 0.3 is 5.97 Å². The number of ether oxygens (including phenoxy) is 3. The maximum Gasteiger partial charge on any atom is 0.349 e. The average molecular weight is 807 g/mol. The number of nitrogens with zero attached hydrogens (tertiary/aromatic N) is 1. The quantitative estimate of drug-likeness (QED) is 0.0376. The van der Waals surface area contributed by atoms with Gasteiger partial charge in [-0.15, -0.1) is 28.4 Å². The van der Waals surface area contributed by atoms with Crippen LogP contribution in [0.5, 0.6) is 5.75 Å². The minimum atomic E-state index is -1.72. The summed E-state index contributed by atoms with van der Waals surface area (Å²) in [5.74, 6) is -0.758. The molecule has 7 rings (SSSR count). The summed E-state index contributed by atoms with van der Waals surface area (Å²) in [4.78, 5) is 14.3. The van der Waals surface area contributed by atoms with E-state index in [4.69, 9.17) is 19.3 Å². The second-order valence-corrected chi connectivity index (χ2v) is 17.6. The Hall–Kier alpha value is -3.17. The molecule has 0 amide bonds. The van der Waals surface area contributed by atoms with Crippen LogP contribution in [0.3, 0.4) is 0 Å². The predicted molar refractivity (Wildman–Crippen MR) is 217 cm³/mol. The Morgan fingerprint density at radius 1 is 0.911 bits per heavy atom. The number of carbonyl (C=O) groups is 1. The second-order valence-electron chi connectivity index (χ2n) is 15.7. The summed E-state index contributed by atoms with van der Waals surface area (Å²) in [5.41, 5.74) is 0.661. The van der Waals surface area contributed by atoms with Gasteiger partial charge < -0.3 is 44.4 Å². The van der Waals surface area contributed by atoms with Gasteiger partial charge in [0.25, 0.3) is 0 Å². The van der Waals surface area contributed by atoms with Gasteiger partial charge in [-0.2, -0.15) is 0 Å². The van der Waals surface area contributed by atoms with Gasteiger partial charge in [0, 0.05) is 32.6 Å². The zero-order chi connectivity index (χ0) is 39.5. The molecule has 3 aliphatic heterocycles. The largest absolute Gasteiger partial charge is 0.872 e. The van der Waals surface area contributed by atoms with Gasteiger partial charge in [-0.1, -0.05) is 73.5 Å². The van der Waals surface area contributed by atoms with Crippen LogP contribution in [0.4, 0.5) is 0 Å². The van der Waals surface area contributed by atoms with E-state index in [1.54, 1.807) is 24.3 Å². The van der Waals surface area contributed by atoms with Crippen molar-refractivity contribution in [2.45, 2.75) is 106 Å². The minimum absolute atomic E-state index is 0.161. The number of fused-ring (bicyclic) bond motifs is 5. The number of unbranched alkanes of at least 4 members (excludes halogenated alkanes) is 4. The van der Waals surface area contributed by atoms with E-state index in [1.807, 2.05) is 22.9 Å². The highest BCUT2D eigenvalue weighted by atomic mass is 32.1. The van der Waals surface area contributed by atoms with E-state index in [0.717, 1.165) is 75.6 Å². The molecule has 304 valence electrons. The van der Waals surface area contributed by atoms with Crippen LogP contribution in [0.25, 0.3) is 0 Å². The highest BCUT2D eigenvalue weighted by Crippen LogP contribution is 2.52. The fraction of sp³-hybridized carbons (Fsp3) is 0.523. The van der Waals surface area contributed by atoms with Crippen molar-refractivity contribution in [3.8, 4) is 5.75 Å². The molecule has 6 atom stereocenters. The van der Waals surface area contributed by atoms with Crippen molar-refractivity contribution in [3.63, 3.8) is 0 Å². The third-order valence-corrected chi connectivity index (χ3v) is 13.5. The van der Waals surface area contributed by atoms with Crippen molar-refractivity contribution in [1.29, 1.82) is 0 Å². The Morgan fingerprint density at radius 3 is 2.18 bits per heavy atom. The van der Waals surface area contributed by atoms with E-state index in [2.05, 4.69) is 49.7 Å². The van der Waals surface area contributed by atoms with Gasteiger partial charge in [0.15, 0.2) is 0 Å². The summed E-state index contributed by atoms with van der Waals surface area (Å²) in [6, 6.07) is 23.2. The lowest BCUT2D eigenvalue weighted by atomic mass is 9.95. The zero-order valence-corrected chi connectivity index (χ0v) is 34.2.